The molecule has 0 aliphatic carbocycles. The second kappa shape index (κ2) is 4.84. The van der Waals surface area contributed by atoms with E-state index in [0.717, 1.165) is 12.1 Å². The summed E-state index contributed by atoms with van der Waals surface area (Å²) in [5.41, 5.74) is 3.45. The van der Waals surface area contributed by atoms with E-state index >= 15 is 0 Å². The number of rotatable bonds is 3. The second-order valence-electron chi connectivity index (χ2n) is 3.71. The molecule has 2 aromatic rings. The summed E-state index contributed by atoms with van der Waals surface area (Å²) in [6.45, 7) is 7.17. The number of hydrogen-bond acceptors (Lipinski definition) is 1. The number of para-hydroxylation sites is 2. The second-order valence-corrected chi connectivity index (χ2v) is 3.71. The van der Waals surface area contributed by atoms with Crippen LogP contribution in [0.15, 0.2) is 54.6 Å². The van der Waals surface area contributed by atoms with Crippen molar-refractivity contribution in [2.75, 3.05) is 11.4 Å². The molecule has 1 radical (unpaired) electrons. The molecule has 0 bridgehead atoms. The van der Waals surface area contributed by atoms with Crippen LogP contribution in [0, 0.1) is 6.92 Å². The largest absolute Gasteiger partial charge is 0.342 e. The van der Waals surface area contributed by atoms with E-state index in [1.54, 1.807) is 0 Å². The van der Waals surface area contributed by atoms with Crippen molar-refractivity contribution < 1.29 is 0 Å². The standard InChI is InChI=1S/C15H16N/c1-3-16(14-10-5-4-6-11-14)15-12-8-7-9-13(15)2/h4-12H,2-3H2,1H3. The minimum Gasteiger partial charge on any atom is -0.342 e. The molecule has 0 saturated carbocycles. The quantitative estimate of drug-likeness (QED) is 0.739. The summed E-state index contributed by atoms with van der Waals surface area (Å²) in [6, 6.07) is 18.6. The maximum absolute atomic E-state index is 4.07. The van der Waals surface area contributed by atoms with E-state index in [1.807, 2.05) is 18.2 Å². The number of benzene rings is 2. The van der Waals surface area contributed by atoms with Gasteiger partial charge in [-0.3, -0.25) is 0 Å². The van der Waals surface area contributed by atoms with Gasteiger partial charge in [-0.15, -0.1) is 0 Å². The molecule has 16 heavy (non-hydrogen) atoms. The minimum atomic E-state index is 0.941. The van der Waals surface area contributed by atoms with Crippen LogP contribution in [0.3, 0.4) is 0 Å². The highest BCUT2D eigenvalue weighted by Gasteiger charge is 2.07. The zero-order valence-electron chi connectivity index (χ0n) is 9.56. The van der Waals surface area contributed by atoms with Gasteiger partial charge in [0.15, 0.2) is 0 Å². The Morgan fingerprint density at radius 2 is 1.56 bits per heavy atom. The van der Waals surface area contributed by atoms with Crippen LogP contribution in [-0.4, -0.2) is 6.54 Å². The molecule has 1 nitrogen and oxygen atoms in total. The van der Waals surface area contributed by atoms with Crippen LogP contribution in [0.25, 0.3) is 0 Å². The van der Waals surface area contributed by atoms with Crippen molar-refractivity contribution in [2.24, 2.45) is 0 Å². The molecule has 0 spiro atoms. The van der Waals surface area contributed by atoms with E-state index in [0.29, 0.717) is 0 Å². The van der Waals surface area contributed by atoms with E-state index in [-0.39, 0.29) is 0 Å². The van der Waals surface area contributed by atoms with Gasteiger partial charge in [0.2, 0.25) is 0 Å². The summed E-state index contributed by atoms with van der Waals surface area (Å²) in [5.74, 6) is 0. The zero-order valence-corrected chi connectivity index (χ0v) is 9.56. The molecule has 0 unspecified atom stereocenters. The van der Waals surface area contributed by atoms with Crippen molar-refractivity contribution in [3.05, 3.63) is 67.1 Å². The molecule has 2 aromatic carbocycles. The van der Waals surface area contributed by atoms with E-state index in [9.17, 15) is 0 Å². The molecule has 0 aliphatic rings. The van der Waals surface area contributed by atoms with Crippen LogP contribution in [-0.2, 0) is 0 Å². The maximum atomic E-state index is 4.07. The molecule has 0 aromatic heterocycles. The molecule has 0 N–H and O–H groups in total. The molecule has 1 heteroatoms. The summed E-state index contributed by atoms with van der Waals surface area (Å²) in [7, 11) is 0. The van der Waals surface area contributed by atoms with Gasteiger partial charge in [0.05, 0.1) is 0 Å². The third-order valence-electron chi connectivity index (χ3n) is 2.67. The molecule has 0 heterocycles. The summed E-state index contributed by atoms with van der Waals surface area (Å²) < 4.78 is 0. The van der Waals surface area contributed by atoms with Gasteiger partial charge in [0.25, 0.3) is 0 Å². The van der Waals surface area contributed by atoms with Crippen LogP contribution >= 0.6 is 0 Å². The fraction of sp³-hybridized carbons (Fsp3) is 0.133. The lowest BCUT2D eigenvalue weighted by molar-refractivity contribution is 1.02. The first-order valence-corrected chi connectivity index (χ1v) is 5.56. The van der Waals surface area contributed by atoms with Crippen molar-refractivity contribution >= 4 is 11.4 Å². The third kappa shape index (κ3) is 2.08. The lowest BCUT2D eigenvalue weighted by atomic mass is 10.1. The first kappa shape index (κ1) is 10.7. The van der Waals surface area contributed by atoms with Crippen LogP contribution in [0.1, 0.15) is 12.5 Å². The topological polar surface area (TPSA) is 3.24 Å². The van der Waals surface area contributed by atoms with E-state index in [1.165, 1.54) is 11.4 Å². The van der Waals surface area contributed by atoms with Crippen molar-refractivity contribution in [1.29, 1.82) is 0 Å². The minimum absolute atomic E-state index is 0.941. The summed E-state index contributed by atoms with van der Waals surface area (Å²) in [4.78, 5) is 2.27. The average Bonchev–Trinajstić information content (AvgIpc) is 2.34. The van der Waals surface area contributed by atoms with Crippen LogP contribution in [0.5, 0.6) is 0 Å². The Kier molecular flexibility index (Phi) is 3.25. The van der Waals surface area contributed by atoms with Crippen LogP contribution < -0.4 is 4.90 Å². The Morgan fingerprint density at radius 3 is 2.19 bits per heavy atom. The van der Waals surface area contributed by atoms with Crippen molar-refractivity contribution in [2.45, 2.75) is 6.92 Å². The van der Waals surface area contributed by atoms with E-state index in [4.69, 9.17) is 0 Å². The van der Waals surface area contributed by atoms with Gasteiger partial charge in [0, 0.05) is 17.9 Å². The molecule has 0 amide bonds. The fourth-order valence-electron chi connectivity index (χ4n) is 1.87. The highest BCUT2D eigenvalue weighted by molar-refractivity contribution is 5.66. The molecule has 2 rings (SSSR count). The van der Waals surface area contributed by atoms with Gasteiger partial charge in [-0.05, 0) is 37.6 Å². The van der Waals surface area contributed by atoms with Crippen molar-refractivity contribution in [3.63, 3.8) is 0 Å². The van der Waals surface area contributed by atoms with Gasteiger partial charge in [0.1, 0.15) is 0 Å². The van der Waals surface area contributed by atoms with Crippen molar-refractivity contribution in [1.82, 2.24) is 0 Å². The third-order valence-corrected chi connectivity index (χ3v) is 2.67. The molecule has 0 atom stereocenters. The summed E-state index contributed by atoms with van der Waals surface area (Å²) >= 11 is 0. The van der Waals surface area contributed by atoms with E-state index < -0.39 is 0 Å². The zero-order chi connectivity index (χ0) is 11.4. The first-order valence-electron chi connectivity index (χ1n) is 5.56. The predicted molar refractivity (Wildman–Crippen MR) is 70.0 cm³/mol. The average molecular weight is 210 g/mol. The Hall–Kier alpha value is -1.76. The summed E-state index contributed by atoms with van der Waals surface area (Å²) in [6.07, 6.45) is 0. The van der Waals surface area contributed by atoms with Gasteiger partial charge in [-0.2, -0.15) is 0 Å². The lowest BCUT2D eigenvalue weighted by Gasteiger charge is -2.24. The highest BCUT2D eigenvalue weighted by atomic mass is 15.1. The van der Waals surface area contributed by atoms with Gasteiger partial charge in [-0.25, -0.2) is 0 Å². The Morgan fingerprint density at radius 1 is 0.938 bits per heavy atom. The number of anilines is 2. The molecule has 0 aliphatic heterocycles. The molecule has 0 saturated heterocycles. The highest BCUT2D eigenvalue weighted by Crippen LogP contribution is 2.27. The van der Waals surface area contributed by atoms with E-state index in [2.05, 4.69) is 55.1 Å². The Bertz CT molecular complexity index is 448. The lowest BCUT2D eigenvalue weighted by Crippen LogP contribution is -2.16. The molecular weight excluding hydrogens is 194 g/mol. The van der Waals surface area contributed by atoms with Crippen LogP contribution in [0.4, 0.5) is 11.4 Å². The smallest absolute Gasteiger partial charge is 0.0443 e. The van der Waals surface area contributed by atoms with Gasteiger partial charge >= 0.3 is 0 Å². The SMILES string of the molecule is [CH2]c1ccccc1N(CC)c1ccccc1. The molecule has 81 valence electrons. The number of nitrogens with zero attached hydrogens (tertiary/aromatic N) is 1. The Labute approximate surface area is 97.3 Å². The Balaban J connectivity index is 2.41. The monoisotopic (exact) mass is 210 g/mol. The van der Waals surface area contributed by atoms with Gasteiger partial charge in [-0.1, -0.05) is 36.4 Å². The molecule has 0 fully saturated rings. The number of hydrogen-bond donors (Lipinski definition) is 0. The normalized spacial score (nSPS) is 10.1. The maximum Gasteiger partial charge on any atom is 0.0443 e. The molecular formula is C15H16N. The summed E-state index contributed by atoms with van der Waals surface area (Å²) in [5, 5.41) is 0. The van der Waals surface area contributed by atoms with Crippen molar-refractivity contribution in [3.8, 4) is 0 Å². The van der Waals surface area contributed by atoms with Crippen LogP contribution in [0.2, 0.25) is 0 Å². The fourth-order valence-corrected chi connectivity index (χ4v) is 1.87. The predicted octanol–water partition coefficient (Wildman–Crippen LogP) is 4.03. The first-order chi connectivity index (χ1) is 7.83. The van der Waals surface area contributed by atoms with Gasteiger partial charge < -0.3 is 4.90 Å².